The van der Waals surface area contributed by atoms with E-state index in [4.69, 9.17) is 9.47 Å². The minimum Gasteiger partial charge on any atom is -0.493 e. The average molecular weight is 412 g/mol. The molecule has 1 aliphatic heterocycles. The van der Waals surface area contributed by atoms with Crippen molar-refractivity contribution in [1.29, 1.82) is 0 Å². The van der Waals surface area contributed by atoms with Crippen LogP contribution in [-0.2, 0) is 32.8 Å². The molecule has 0 saturated carbocycles. The summed E-state index contributed by atoms with van der Waals surface area (Å²) in [5, 5.41) is 0. The van der Waals surface area contributed by atoms with Gasteiger partial charge in [-0.15, -0.1) is 0 Å². The largest absolute Gasteiger partial charge is 0.493 e. The fraction of sp³-hybridized carbons (Fsp3) is 0.333. The zero-order chi connectivity index (χ0) is 19.8. The van der Waals surface area contributed by atoms with Crippen LogP contribution in [-0.4, -0.2) is 48.2 Å². The molecule has 0 amide bonds. The first-order chi connectivity index (χ1) is 12.7. The molecule has 7 nitrogen and oxygen atoms in total. The molecular formula is C18H21NO6S2. The van der Waals surface area contributed by atoms with Gasteiger partial charge in [0, 0.05) is 19.3 Å². The Morgan fingerprint density at radius 1 is 0.889 bits per heavy atom. The van der Waals surface area contributed by atoms with E-state index in [0.717, 1.165) is 17.4 Å². The van der Waals surface area contributed by atoms with Gasteiger partial charge in [-0.05, 0) is 41.8 Å². The Kier molecular flexibility index (Phi) is 5.20. The molecule has 3 rings (SSSR count). The molecule has 0 atom stereocenters. The molecule has 0 unspecified atom stereocenters. The van der Waals surface area contributed by atoms with Crippen molar-refractivity contribution in [2.75, 3.05) is 27.0 Å². The Labute approximate surface area is 159 Å². The van der Waals surface area contributed by atoms with E-state index in [0.29, 0.717) is 17.9 Å². The van der Waals surface area contributed by atoms with Gasteiger partial charge >= 0.3 is 0 Å². The first kappa shape index (κ1) is 19.7. The van der Waals surface area contributed by atoms with Gasteiger partial charge in [0.05, 0.1) is 19.1 Å². The molecule has 27 heavy (non-hydrogen) atoms. The lowest BCUT2D eigenvalue weighted by Crippen LogP contribution is -2.36. The lowest BCUT2D eigenvalue weighted by molar-refractivity contribution is 0.348. The molecule has 2 aromatic carbocycles. The van der Waals surface area contributed by atoms with Crippen LogP contribution < -0.4 is 9.47 Å². The van der Waals surface area contributed by atoms with E-state index in [9.17, 15) is 16.8 Å². The highest BCUT2D eigenvalue weighted by molar-refractivity contribution is 7.93. The molecule has 0 saturated heterocycles. The summed E-state index contributed by atoms with van der Waals surface area (Å²) in [7, 11) is -4.58. The van der Waals surface area contributed by atoms with Gasteiger partial charge < -0.3 is 9.47 Å². The molecule has 1 aliphatic rings. The van der Waals surface area contributed by atoms with E-state index in [2.05, 4.69) is 0 Å². The molecular weight excluding hydrogens is 390 g/mol. The van der Waals surface area contributed by atoms with Crippen LogP contribution in [0.1, 0.15) is 11.1 Å². The fourth-order valence-corrected chi connectivity index (χ4v) is 6.19. The predicted molar refractivity (Wildman–Crippen MR) is 100 cm³/mol. The first-order valence-electron chi connectivity index (χ1n) is 8.21. The van der Waals surface area contributed by atoms with Gasteiger partial charge in [0.1, 0.15) is 4.90 Å². The Morgan fingerprint density at radius 3 is 2.00 bits per heavy atom. The Balaban J connectivity index is 2.03. The van der Waals surface area contributed by atoms with E-state index in [1.807, 2.05) is 6.07 Å². The molecule has 0 fully saturated rings. The lowest BCUT2D eigenvalue weighted by Gasteiger charge is -2.29. The zero-order valence-corrected chi connectivity index (χ0v) is 16.9. The monoisotopic (exact) mass is 411 g/mol. The minimum atomic E-state index is -3.97. The Bertz CT molecular complexity index is 1080. The SMILES string of the molecule is COc1cc2c(cc1OC)CN(S(=O)(=O)c1ccccc1S(C)(=O)=O)CC2. The summed E-state index contributed by atoms with van der Waals surface area (Å²) >= 11 is 0. The number of methoxy groups -OCH3 is 2. The third kappa shape index (κ3) is 3.67. The van der Waals surface area contributed by atoms with Crippen molar-refractivity contribution in [2.45, 2.75) is 22.8 Å². The normalized spacial score (nSPS) is 15.2. The topological polar surface area (TPSA) is 90.0 Å². The van der Waals surface area contributed by atoms with E-state index in [1.165, 1.54) is 35.7 Å². The fourth-order valence-electron chi connectivity index (χ4n) is 3.17. The van der Waals surface area contributed by atoms with Gasteiger partial charge in [-0.3, -0.25) is 0 Å². The third-order valence-corrected chi connectivity index (χ3v) is 7.74. The maximum atomic E-state index is 13.1. The Hall–Kier alpha value is -2.10. The number of fused-ring (bicyclic) bond motifs is 1. The molecule has 9 heteroatoms. The van der Waals surface area contributed by atoms with Crippen LogP contribution >= 0.6 is 0 Å². The van der Waals surface area contributed by atoms with Crippen LogP contribution in [0.2, 0.25) is 0 Å². The second kappa shape index (κ2) is 7.14. The molecule has 0 radical (unpaired) electrons. The van der Waals surface area contributed by atoms with Crippen LogP contribution in [0.15, 0.2) is 46.2 Å². The number of hydrogen-bond donors (Lipinski definition) is 0. The maximum Gasteiger partial charge on any atom is 0.244 e. The zero-order valence-electron chi connectivity index (χ0n) is 15.3. The van der Waals surface area contributed by atoms with Crippen molar-refractivity contribution in [1.82, 2.24) is 4.31 Å². The van der Waals surface area contributed by atoms with Crippen molar-refractivity contribution in [3.05, 3.63) is 47.5 Å². The highest BCUT2D eigenvalue weighted by atomic mass is 32.2. The molecule has 0 aliphatic carbocycles. The smallest absolute Gasteiger partial charge is 0.244 e. The summed E-state index contributed by atoms with van der Waals surface area (Å²) in [6.45, 7) is 0.388. The van der Waals surface area contributed by atoms with Gasteiger partial charge in [0.25, 0.3) is 0 Å². The molecule has 0 spiro atoms. The second-order valence-electron chi connectivity index (χ2n) is 6.28. The standard InChI is InChI=1S/C18H21NO6S2/c1-24-15-10-13-8-9-19(12-14(13)11-16(15)25-2)27(22,23)18-7-5-4-6-17(18)26(3,20)21/h4-7,10-11H,8-9,12H2,1-3H3. The summed E-state index contributed by atoms with van der Waals surface area (Å²) in [6.07, 6.45) is 1.50. The molecule has 0 aromatic heterocycles. The van der Waals surface area contributed by atoms with Crippen LogP contribution in [0.3, 0.4) is 0 Å². The Morgan fingerprint density at radius 2 is 1.44 bits per heavy atom. The molecule has 2 aromatic rings. The van der Waals surface area contributed by atoms with Gasteiger partial charge in [0.2, 0.25) is 10.0 Å². The van der Waals surface area contributed by atoms with Crippen LogP contribution in [0.25, 0.3) is 0 Å². The molecule has 0 N–H and O–H groups in total. The summed E-state index contributed by atoms with van der Waals surface area (Å²) in [6, 6.07) is 9.29. The molecule has 146 valence electrons. The summed E-state index contributed by atoms with van der Waals surface area (Å²) < 4.78 is 62.2. The number of sulfonamides is 1. The van der Waals surface area contributed by atoms with E-state index < -0.39 is 19.9 Å². The lowest BCUT2D eigenvalue weighted by atomic mass is 10.0. The van der Waals surface area contributed by atoms with Crippen molar-refractivity contribution in [3.8, 4) is 11.5 Å². The molecule has 1 heterocycles. The second-order valence-corrected chi connectivity index (χ2v) is 10.2. The van der Waals surface area contributed by atoms with Gasteiger partial charge in [-0.2, -0.15) is 4.31 Å². The number of hydrogen-bond acceptors (Lipinski definition) is 6. The number of benzene rings is 2. The molecule has 0 bridgehead atoms. The quantitative estimate of drug-likeness (QED) is 0.746. The van der Waals surface area contributed by atoms with Crippen LogP contribution in [0, 0.1) is 0 Å². The number of nitrogens with zero attached hydrogens (tertiary/aromatic N) is 1. The van der Waals surface area contributed by atoms with Crippen LogP contribution in [0.4, 0.5) is 0 Å². The van der Waals surface area contributed by atoms with E-state index >= 15 is 0 Å². The summed E-state index contributed by atoms with van der Waals surface area (Å²) in [5.41, 5.74) is 1.79. The first-order valence-corrected chi connectivity index (χ1v) is 11.5. The van der Waals surface area contributed by atoms with Crippen molar-refractivity contribution in [3.63, 3.8) is 0 Å². The minimum absolute atomic E-state index is 0.135. The summed E-state index contributed by atoms with van der Waals surface area (Å²) in [5.74, 6) is 1.11. The van der Waals surface area contributed by atoms with E-state index in [-0.39, 0.29) is 22.9 Å². The number of rotatable bonds is 5. The maximum absolute atomic E-state index is 13.1. The van der Waals surface area contributed by atoms with E-state index in [1.54, 1.807) is 13.2 Å². The highest BCUT2D eigenvalue weighted by Gasteiger charge is 2.32. The number of ether oxygens (including phenoxy) is 2. The van der Waals surface area contributed by atoms with Gasteiger partial charge in [-0.25, -0.2) is 16.8 Å². The third-order valence-electron chi connectivity index (χ3n) is 4.55. The van der Waals surface area contributed by atoms with Gasteiger partial charge in [-0.1, -0.05) is 12.1 Å². The van der Waals surface area contributed by atoms with Gasteiger partial charge in [0.15, 0.2) is 21.3 Å². The van der Waals surface area contributed by atoms with Crippen molar-refractivity contribution >= 4 is 19.9 Å². The number of sulfone groups is 1. The van der Waals surface area contributed by atoms with Crippen LogP contribution in [0.5, 0.6) is 11.5 Å². The van der Waals surface area contributed by atoms with Crippen molar-refractivity contribution < 1.29 is 26.3 Å². The predicted octanol–water partition coefficient (Wildman–Crippen LogP) is 1.85. The summed E-state index contributed by atoms with van der Waals surface area (Å²) in [4.78, 5) is -0.389. The average Bonchev–Trinajstić information content (AvgIpc) is 2.65. The highest BCUT2D eigenvalue weighted by Crippen LogP contribution is 2.35. The van der Waals surface area contributed by atoms with Crippen molar-refractivity contribution in [2.24, 2.45) is 0 Å².